The number of carbonyl (C=O) groups is 2. The molecule has 0 aliphatic heterocycles. The smallest absolute Gasteiger partial charge is 0.306 e. The van der Waals surface area contributed by atoms with Gasteiger partial charge in [0.2, 0.25) is 5.91 Å². The van der Waals surface area contributed by atoms with Crippen LogP contribution in [0.4, 0.5) is 0 Å². The van der Waals surface area contributed by atoms with Crippen molar-refractivity contribution in [2.24, 2.45) is 0 Å². The Balaban J connectivity index is 4.71. The summed E-state index contributed by atoms with van der Waals surface area (Å²) in [6.07, 6.45) is 57.5. The molecule has 57 heavy (non-hydrogen) atoms. The minimum absolute atomic E-state index is 0.0160. The van der Waals surface area contributed by atoms with Gasteiger partial charge in [-0.25, -0.2) is 0 Å². The van der Waals surface area contributed by atoms with Gasteiger partial charge in [-0.15, -0.1) is 0 Å². The third-order valence-corrected chi connectivity index (χ3v) is 9.85. The predicted octanol–water partition coefficient (Wildman–Crippen LogP) is 13.4. The van der Waals surface area contributed by atoms with Crippen molar-refractivity contribution < 1.29 is 24.5 Å². The second kappa shape index (κ2) is 43.9. The standard InChI is InChI=1S/C51H85NO5/c1-4-7-10-13-16-19-22-24-25-26-29-32-35-38-41-44-51(56)57-47(42-39-36-33-30-27-21-18-15-12-9-6-3)45-50(55)52-48(46-53)49(54)43-40-37-34-31-28-23-20-17-14-11-8-5-2/h7,9-10,12-13,15-16,18-19,21-22,24-25,27,30,33,47-49,53-54H,4-6,8,11,14,17,20,23,26,28-29,31-32,34-46H2,1-3H3,(H,52,55)/b10-7+,12-9+,16-13+,18-15+,22-19+,25-24-,27-21-,33-30-. The van der Waals surface area contributed by atoms with Crippen molar-refractivity contribution in [3.05, 3.63) is 97.2 Å². The molecule has 1 amide bonds. The molecule has 0 aliphatic rings. The van der Waals surface area contributed by atoms with E-state index in [4.69, 9.17) is 4.74 Å². The number of hydrogen-bond donors (Lipinski definition) is 3. The molecule has 0 aliphatic carbocycles. The van der Waals surface area contributed by atoms with E-state index < -0.39 is 18.2 Å². The molecule has 0 fully saturated rings. The number of unbranched alkanes of at least 4 members (excludes halogenated alkanes) is 17. The number of ether oxygens (including phenoxy) is 1. The summed E-state index contributed by atoms with van der Waals surface area (Å²) in [6.45, 7) is 6.15. The lowest BCUT2D eigenvalue weighted by Gasteiger charge is -2.24. The number of aliphatic hydroxyl groups is 2. The SMILES string of the molecule is CC/C=C/C=C/C=C\C=C/CCCC(CC(=O)NC(CO)C(O)CCCCCCCCCCCCCC)OC(=O)CCCCCCC\C=C/C=C/C=C/C=C/CC. The second-order valence-corrected chi connectivity index (χ2v) is 15.2. The summed E-state index contributed by atoms with van der Waals surface area (Å²) in [6, 6.07) is -0.732. The molecule has 0 rings (SSSR count). The monoisotopic (exact) mass is 792 g/mol. The third-order valence-electron chi connectivity index (χ3n) is 9.85. The largest absolute Gasteiger partial charge is 0.462 e. The molecule has 3 N–H and O–H groups in total. The van der Waals surface area contributed by atoms with Crippen LogP contribution < -0.4 is 5.32 Å². The third kappa shape index (κ3) is 39.4. The molecular formula is C51H85NO5. The Hall–Kier alpha value is -3.22. The van der Waals surface area contributed by atoms with Gasteiger partial charge < -0.3 is 20.3 Å². The highest BCUT2D eigenvalue weighted by molar-refractivity contribution is 5.77. The summed E-state index contributed by atoms with van der Waals surface area (Å²) in [5.74, 6) is -0.581. The maximum Gasteiger partial charge on any atom is 0.306 e. The number of aliphatic hydroxyl groups excluding tert-OH is 2. The van der Waals surface area contributed by atoms with Crippen molar-refractivity contribution >= 4 is 11.9 Å². The molecule has 0 saturated heterocycles. The molecule has 0 saturated carbocycles. The molecule has 3 atom stereocenters. The highest BCUT2D eigenvalue weighted by Gasteiger charge is 2.24. The van der Waals surface area contributed by atoms with Crippen LogP contribution >= 0.6 is 0 Å². The first-order valence-corrected chi connectivity index (χ1v) is 23.1. The lowest BCUT2D eigenvalue weighted by molar-refractivity contribution is -0.151. The summed E-state index contributed by atoms with van der Waals surface area (Å²) in [5.41, 5.74) is 0. The number of nitrogens with one attached hydrogen (secondary N) is 1. The maximum absolute atomic E-state index is 13.1. The predicted molar refractivity (Wildman–Crippen MR) is 245 cm³/mol. The minimum Gasteiger partial charge on any atom is -0.462 e. The summed E-state index contributed by atoms with van der Waals surface area (Å²) in [4.78, 5) is 26.0. The number of rotatable bonds is 39. The Kier molecular flexibility index (Phi) is 41.4. The first-order chi connectivity index (χ1) is 28.0. The molecular weight excluding hydrogens is 707 g/mol. The molecule has 0 spiro atoms. The minimum atomic E-state index is -0.813. The molecule has 0 bridgehead atoms. The van der Waals surface area contributed by atoms with E-state index in [1.165, 1.54) is 57.8 Å². The number of hydrogen-bond acceptors (Lipinski definition) is 5. The Bertz CT molecular complexity index is 1160. The van der Waals surface area contributed by atoms with Crippen molar-refractivity contribution in [2.75, 3.05) is 6.61 Å². The average Bonchev–Trinajstić information content (AvgIpc) is 3.20. The van der Waals surface area contributed by atoms with E-state index in [0.29, 0.717) is 19.3 Å². The zero-order valence-electron chi connectivity index (χ0n) is 36.7. The topological polar surface area (TPSA) is 95.9 Å². The highest BCUT2D eigenvalue weighted by atomic mass is 16.5. The van der Waals surface area contributed by atoms with Gasteiger partial charge in [0, 0.05) is 6.42 Å². The van der Waals surface area contributed by atoms with Gasteiger partial charge in [-0.05, 0) is 57.8 Å². The van der Waals surface area contributed by atoms with Crippen molar-refractivity contribution in [3.63, 3.8) is 0 Å². The van der Waals surface area contributed by atoms with Gasteiger partial charge in [0.1, 0.15) is 6.10 Å². The Morgan fingerprint density at radius 1 is 0.526 bits per heavy atom. The van der Waals surface area contributed by atoms with Crippen LogP contribution in [0.1, 0.15) is 188 Å². The van der Waals surface area contributed by atoms with Crippen LogP contribution in [-0.2, 0) is 14.3 Å². The van der Waals surface area contributed by atoms with E-state index in [-0.39, 0.29) is 24.9 Å². The van der Waals surface area contributed by atoms with Gasteiger partial charge in [0.25, 0.3) is 0 Å². The van der Waals surface area contributed by atoms with Crippen molar-refractivity contribution in [2.45, 2.75) is 206 Å². The summed E-state index contributed by atoms with van der Waals surface area (Å²) < 4.78 is 5.85. The van der Waals surface area contributed by atoms with Crippen LogP contribution in [0.15, 0.2) is 97.2 Å². The number of allylic oxidation sites excluding steroid dienone is 16. The maximum atomic E-state index is 13.1. The fourth-order valence-electron chi connectivity index (χ4n) is 6.40. The quantitative estimate of drug-likeness (QED) is 0.0327. The van der Waals surface area contributed by atoms with Crippen molar-refractivity contribution in [3.8, 4) is 0 Å². The van der Waals surface area contributed by atoms with Crippen LogP contribution in [0, 0.1) is 0 Å². The Morgan fingerprint density at radius 3 is 1.47 bits per heavy atom. The van der Waals surface area contributed by atoms with E-state index in [1.54, 1.807) is 0 Å². The molecule has 6 heteroatoms. The van der Waals surface area contributed by atoms with E-state index in [9.17, 15) is 19.8 Å². The highest BCUT2D eigenvalue weighted by Crippen LogP contribution is 2.16. The molecule has 0 aromatic carbocycles. The second-order valence-electron chi connectivity index (χ2n) is 15.2. The molecule has 3 unspecified atom stereocenters. The summed E-state index contributed by atoms with van der Waals surface area (Å²) >= 11 is 0. The van der Waals surface area contributed by atoms with Crippen molar-refractivity contribution in [1.29, 1.82) is 0 Å². The van der Waals surface area contributed by atoms with E-state index >= 15 is 0 Å². The van der Waals surface area contributed by atoms with E-state index in [1.807, 2.05) is 54.7 Å². The van der Waals surface area contributed by atoms with Crippen LogP contribution in [0.3, 0.4) is 0 Å². The van der Waals surface area contributed by atoms with Gasteiger partial charge in [0.05, 0.1) is 25.2 Å². The zero-order valence-corrected chi connectivity index (χ0v) is 36.7. The first kappa shape index (κ1) is 53.8. The molecule has 0 heterocycles. The molecule has 0 aromatic heterocycles. The van der Waals surface area contributed by atoms with Crippen LogP contribution in [-0.4, -0.2) is 46.9 Å². The average molecular weight is 792 g/mol. The summed E-state index contributed by atoms with van der Waals surface area (Å²) in [5, 5.41) is 23.6. The first-order valence-electron chi connectivity index (χ1n) is 23.1. The fourth-order valence-corrected chi connectivity index (χ4v) is 6.40. The lowest BCUT2D eigenvalue weighted by Crippen LogP contribution is -2.46. The molecule has 324 valence electrons. The Morgan fingerprint density at radius 2 is 0.965 bits per heavy atom. The van der Waals surface area contributed by atoms with Crippen LogP contribution in [0.2, 0.25) is 0 Å². The fraction of sp³-hybridized carbons (Fsp3) is 0.647. The van der Waals surface area contributed by atoms with E-state index in [2.05, 4.69) is 68.6 Å². The van der Waals surface area contributed by atoms with Gasteiger partial charge >= 0.3 is 5.97 Å². The van der Waals surface area contributed by atoms with Gasteiger partial charge in [0.15, 0.2) is 0 Å². The van der Waals surface area contributed by atoms with Gasteiger partial charge in [-0.3, -0.25) is 9.59 Å². The molecule has 0 aromatic rings. The van der Waals surface area contributed by atoms with Crippen molar-refractivity contribution in [1.82, 2.24) is 5.32 Å². The molecule has 0 radical (unpaired) electrons. The lowest BCUT2D eigenvalue weighted by atomic mass is 10.0. The number of esters is 1. The van der Waals surface area contributed by atoms with Crippen LogP contribution in [0.5, 0.6) is 0 Å². The van der Waals surface area contributed by atoms with Gasteiger partial charge in [-0.1, -0.05) is 214 Å². The number of carbonyl (C=O) groups excluding carboxylic acids is 2. The normalized spacial score (nSPS) is 14.3. The zero-order chi connectivity index (χ0) is 41.7. The van der Waals surface area contributed by atoms with Crippen LogP contribution in [0.25, 0.3) is 0 Å². The van der Waals surface area contributed by atoms with E-state index in [0.717, 1.165) is 83.5 Å². The van der Waals surface area contributed by atoms with Gasteiger partial charge in [-0.2, -0.15) is 0 Å². The number of amides is 1. The Labute approximate surface area is 350 Å². The molecule has 6 nitrogen and oxygen atoms in total. The summed E-state index contributed by atoms with van der Waals surface area (Å²) in [7, 11) is 0.